The minimum atomic E-state index is -5.60. The van der Waals surface area contributed by atoms with Crippen LogP contribution in [-0.2, 0) is 61.2 Å². The lowest BCUT2D eigenvalue weighted by molar-refractivity contribution is -0.137. The van der Waals surface area contributed by atoms with Gasteiger partial charge in [0.2, 0.25) is 11.8 Å². The molecule has 56 heavy (non-hydrogen) atoms. The number of ketones is 1. The molecule has 25 nitrogen and oxygen atoms in total. The lowest BCUT2D eigenvalue weighted by atomic mass is 9.87. The van der Waals surface area contributed by atoms with Crippen molar-refractivity contribution in [2.45, 2.75) is 71.2 Å². The Hall–Kier alpha value is -2.77. The minimum absolute atomic E-state index is 0.0122. The highest BCUT2D eigenvalue weighted by Gasteiger charge is 2.57. The highest BCUT2D eigenvalue weighted by Crippen LogP contribution is 2.61. The number of carbonyl (C=O) groups is 4. The van der Waals surface area contributed by atoms with Crippen LogP contribution in [0.15, 0.2) is 12.7 Å². The molecule has 2 amide bonds. The summed E-state index contributed by atoms with van der Waals surface area (Å²) >= 11 is 0.886. The number of thioether (sulfide) groups is 1. The second-order valence-corrected chi connectivity index (χ2v) is 18.5. The van der Waals surface area contributed by atoms with Crippen molar-refractivity contribution in [1.29, 1.82) is 0 Å². The fraction of sp³-hybridized carbons (Fsp3) is 0.667. The summed E-state index contributed by atoms with van der Waals surface area (Å²) < 4.78 is 62.5. The fourth-order valence-corrected chi connectivity index (χ4v) is 8.53. The van der Waals surface area contributed by atoms with E-state index in [9.17, 15) is 62.7 Å². The number of anilines is 1. The number of imidazole rings is 1. The number of nitrogens with one attached hydrogen (secondary N) is 2. The molecule has 0 radical (unpaired) electrons. The van der Waals surface area contributed by atoms with E-state index in [0.29, 0.717) is 0 Å². The largest absolute Gasteiger partial charge is 0.481 e. The number of carbonyl (C=O) groups excluding carboxylic acids is 4. The van der Waals surface area contributed by atoms with Crippen LogP contribution in [0.5, 0.6) is 0 Å². The first kappa shape index (κ1) is 47.6. The van der Waals surface area contributed by atoms with Gasteiger partial charge in [-0.2, -0.15) is 4.31 Å². The lowest BCUT2D eigenvalue weighted by Crippen LogP contribution is -2.46. The van der Waals surface area contributed by atoms with E-state index in [1.165, 1.54) is 34.6 Å². The minimum Gasteiger partial charge on any atom is -0.385 e. The molecule has 0 saturated carbocycles. The molecule has 8 unspecified atom stereocenters. The quantitative estimate of drug-likeness (QED) is 0.0415. The Kier molecular flexibility index (Phi) is 16.0. The average molecular weight is 880 g/mol. The van der Waals surface area contributed by atoms with Gasteiger partial charge >= 0.3 is 23.5 Å². The van der Waals surface area contributed by atoms with E-state index in [1.807, 2.05) is 0 Å². The fourth-order valence-electron chi connectivity index (χ4n) is 4.89. The van der Waals surface area contributed by atoms with Gasteiger partial charge < -0.3 is 50.9 Å². The Labute approximate surface area is 322 Å². The Morgan fingerprint density at radius 2 is 1.71 bits per heavy atom. The molecule has 316 valence electrons. The lowest BCUT2D eigenvalue weighted by Gasteiger charge is -2.30. The average Bonchev–Trinajstić information content (AvgIpc) is 3.63. The van der Waals surface area contributed by atoms with Gasteiger partial charge in [0.05, 0.1) is 25.5 Å². The number of nitrogen functional groups attached to an aromatic ring is 1. The van der Waals surface area contributed by atoms with Gasteiger partial charge in [-0.3, -0.25) is 37.3 Å². The van der Waals surface area contributed by atoms with Crippen LogP contribution in [0.3, 0.4) is 0 Å². The summed E-state index contributed by atoms with van der Waals surface area (Å²) in [6.07, 6.45) is -5.61. The summed E-state index contributed by atoms with van der Waals surface area (Å²) in [5.74, 6) is -2.39. The standard InChI is InChI=1S/C27H44N7O18P3S/c1-14(15(2)35)25(40)56-9-8-29-17(36)6-7-30-24(39)21(38)26(3,4)11-49-55(46,47)52-54(44,45)48-10-16-19(51-53(41,42)43)20(37)27(5,50-16)34-13-33-18-22(28)31-12-32-23(18)34/h12-14,16,19-21,37-38H,6-11H2,1-5H3,(H,29,36)(H,30,39)(H,44,45)(H,46,47)(H2,28,31,32)(H2,41,42,43). The van der Waals surface area contributed by atoms with E-state index in [4.69, 9.17) is 24.0 Å². The summed E-state index contributed by atoms with van der Waals surface area (Å²) in [4.78, 5) is 98.9. The van der Waals surface area contributed by atoms with Gasteiger partial charge in [0.25, 0.3) is 0 Å². The maximum atomic E-state index is 12.7. The van der Waals surface area contributed by atoms with Crippen molar-refractivity contribution in [1.82, 2.24) is 30.2 Å². The van der Waals surface area contributed by atoms with E-state index in [2.05, 4.69) is 29.9 Å². The second-order valence-electron chi connectivity index (χ2n) is 13.1. The SMILES string of the molecule is CC(=O)C(C)C(=O)SCCNC(=O)CCNC(=O)C(O)C(C)(C)COP(=O)(O)OP(=O)(O)OCC1OC(C)(n2cnc3c(N)ncnc32)C(O)C1OP(=O)(O)O. The van der Waals surface area contributed by atoms with Crippen molar-refractivity contribution in [2.75, 3.05) is 37.8 Å². The smallest absolute Gasteiger partial charge is 0.385 e. The van der Waals surface area contributed by atoms with Gasteiger partial charge in [0.15, 0.2) is 22.3 Å². The van der Waals surface area contributed by atoms with Crippen LogP contribution < -0.4 is 16.4 Å². The summed E-state index contributed by atoms with van der Waals surface area (Å²) in [6, 6.07) is 0. The van der Waals surface area contributed by atoms with Crippen molar-refractivity contribution >= 4 is 74.9 Å². The monoisotopic (exact) mass is 879 g/mol. The first-order chi connectivity index (χ1) is 25.7. The van der Waals surface area contributed by atoms with Crippen LogP contribution in [0.25, 0.3) is 11.2 Å². The summed E-state index contributed by atoms with van der Waals surface area (Å²) in [7, 11) is -16.5. The number of hydrogen-bond acceptors (Lipinski definition) is 19. The molecule has 1 aliphatic rings. The first-order valence-corrected chi connectivity index (χ1v) is 21.8. The molecule has 1 fully saturated rings. The van der Waals surface area contributed by atoms with Crippen molar-refractivity contribution in [2.24, 2.45) is 11.3 Å². The number of amides is 2. The number of aliphatic hydroxyl groups excluding tert-OH is 2. The number of nitrogens with two attached hydrogens (primary N) is 1. The number of aromatic nitrogens is 4. The van der Waals surface area contributed by atoms with Gasteiger partial charge in [-0.25, -0.2) is 28.6 Å². The summed E-state index contributed by atoms with van der Waals surface area (Å²) in [6.45, 7) is 4.28. The maximum Gasteiger partial charge on any atom is 0.481 e. The topological polar surface area (TPSA) is 381 Å². The zero-order chi connectivity index (χ0) is 42.4. The second kappa shape index (κ2) is 18.9. The number of Topliss-reactive ketones (excluding diaryl/α,β-unsaturated/α-hetero) is 1. The third-order valence-electron chi connectivity index (χ3n) is 8.20. The molecule has 1 saturated heterocycles. The molecule has 2 aromatic rings. The molecule has 29 heteroatoms. The third kappa shape index (κ3) is 12.9. The Morgan fingerprint density at radius 1 is 1.07 bits per heavy atom. The summed E-state index contributed by atoms with van der Waals surface area (Å²) in [5, 5.41) is 26.2. The van der Waals surface area contributed by atoms with E-state index in [1.54, 1.807) is 0 Å². The number of hydrogen-bond donors (Lipinski definition) is 9. The van der Waals surface area contributed by atoms with Crippen LogP contribution >= 0.6 is 35.2 Å². The van der Waals surface area contributed by atoms with E-state index in [-0.39, 0.29) is 53.1 Å². The Bertz CT molecular complexity index is 1910. The molecule has 0 bridgehead atoms. The zero-order valence-electron chi connectivity index (χ0n) is 30.5. The van der Waals surface area contributed by atoms with Gasteiger partial charge in [-0.05, 0) is 20.8 Å². The van der Waals surface area contributed by atoms with Crippen molar-refractivity contribution < 1.29 is 85.3 Å². The van der Waals surface area contributed by atoms with Crippen molar-refractivity contribution in [3.63, 3.8) is 0 Å². The Balaban J connectivity index is 1.53. The predicted molar refractivity (Wildman–Crippen MR) is 192 cm³/mol. The molecule has 3 heterocycles. The maximum absolute atomic E-state index is 12.7. The summed E-state index contributed by atoms with van der Waals surface area (Å²) in [5.41, 5.74) is 2.26. The number of fused-ring (bicyclic) bond motifs is 1. The molecular weight excluding hydrogens is 835 g/mol. The predicted octanol–water partition coefficient (Wildman–Crippen LogP) is -0.936. The number of phosphoric acid groups is 3. The van der Waals surface area contributed by atoms with Gasteiger partial charge in [-0.15, -0.1) is 0 Å². The molecule has 0 aliphatic carbocycles. The van der Waals surface area contributed by atoms with Gasteiger partial charge in [0, 0.05) is 30.7 Å². The molecule has 2 aromatic heterocycles. The van der Waals surface area contributed by atoms with Crippen LogP contribution in [0.1, 0.15) is 41.0 Å². The number of ether oxygens (including phenoxy) is 1. The van der Waals surface area contributed by atoms with Crippen molar-refractivity contribution in [3.8, 4) is 0 Å². The number of aliphatic hydroxyl groups is 2. The van der Waals surface area contributed by atoms with E-state index < -0.39 is 90.0 Å². The Morgan fingerprint density at radius 3 is 2.34 bits per heavy atom. The number of phosphoric ester groups is 3. The van der Waals surface area contributed by atoms with Gasteiger partial charge in [0.1, 0.15) is 42.0 Å². The molecule has 10 N–H and O–H groups in total. The third-order valence-corrected chi connectivity index (χ3v) is 12.3. The van der Waals surface area contributed by atoms with E-state index >= 15 is 0 Å². The van der Waals surface area contributed by atoms with Crippen LogP contribution in [0.2, 0.25) is 0 Å². The zero-order valence-corrected chi connectivity index (χ0v) is 34.0. The molecule has 3 rings (SSSR count). The van der Waals surface area contributed by atoms with Crippen LogP contribution in [0, 0.1) is 11.3 Å². The van der Waals surface area contributed by atoms with Crippen molar-refractivity contribution in [3.05, 3.63) is 12.7 Å². The molecular formula is C27H44N7O18P3S. The van der Waals surface area contributed by atoms with E-state index in [0.717, 1.165) is 29.0 Å². The first-order valence-electron chi connectivity index (χ1n) is 16.3. The molecule has 0 aromatic carbocycles. The highest BCUT2D eigenvalue weighted by molar-refractivity contribution is 8.13. The number of nitrogens with zero attached hydrogens (tertiary/aromatic N) is 4. The molecule has 8 atom stereocenters. The highest BCUT2D eigenvalue weighted by atomic mass is 32.2. The normalized spacial score (nSPS) is 23.5. The molecule has 1 aliphatic heterocycles. The van der Waals surface area contributed by atoms with Crippen LogP contribution in [-0.4, -0.2) is 128 Å². The molecule has 0 spiro atoms. The van der Waals surface area contributed by atoms with Crippen LogP contribution in [0.4, 0.5) is 5.82 Å². The number of rotatable bonds is 21. The van der Waals surface area contributed by atoms with Gasteiger partial charge in [-0.1, -0.05) is 25.6 Å².